The second kappa shape index (κ2) is 7.42. The highest BCUT2D eigenvalue weighted by molar-refractivity contribution is 5.62. The van der Waals surface area contributed by atoms with Crippen LogP contribution in [0.15, 0.2) is 30.3 Å². The average Bonchev–Trinajstić information content (AvgIpc) is 2.60. The third kappa shape index (κ3) is 4.20. The van der Waals surface area contributed by atoms with E-state index in [1.807, 2.05) is 12.1 Å². The van der Waals surface area contributed by atoms with Gasteiger partial charge in [0.25, 0.3) is 0 Å². The summed E-state index contributed by atoms with van der Waals surface area (Å²) in [5, 5.41) is 21.7. The Bertz CT molecular complexity index is 637. The van der Waals surface area contributed by atoms with E-state index in [1.165, 1.54) is 19.3 Å². The second-order valence-electron chi connectivity index (χ2n) is 6.03. The maximum absolute atomic E-state index is 10.0. The van der Waals surface area contributed by atoms with Crippen LogP contribution in [-0.4, -0.2) is 35.0 Å². The Hall–Kier alpha value is -2.14. The van der Waals surface area contributed by atoms with Crippen molar-refractivity contribution < 1.29 is 9.84 Å². The number of hydrogen-bond donors (Lipinski definition) is 2. The van der Waals surface area contributed by atoms with Gasteiger partial charge in [0, 0.05) is 17.7 Å². The van der Waals surface area contributed by atoms with Gasteiger partial charge in [0.05, 0.1) is 12.8 Å². The van der Waals surface area contributed by atoms with E-state index in [2.05, 4.69) is 21.6 Å². The number of hydrogen-bond acceptors (Lipinski definition) is 5. The van der Waals surface area contributed by atoms with Gasteiger partial charge in [0.1, 0.15) is 5.75 Å². The number of nitrogens with one attached hydrogen (secondary N) is 1. The quantitative estimate of drug-likeness (QED) is 0.888. The number of phenols is 1. The maximum Gasteiger partial charge on any atom is 0.233 e. The highest BCUT2D eigenvalue weighted by atomic mass is 16.5. The molecule has 2 aromatic rings. The minimum Gasteiger partial charge on any atom is -0.508 e. The number of aromatic nitrogens is 2. The van der Waals surface area contributed by atoms with Crippen LogP contribution in [0.5, 0.6) is 11.6 Å². The summed E-state index contributed by atoms with van der Waals surface area (Å²) in [6, 6.07) is 9.86. The van der Waals surface area contributed by atoms with Gasteiger partial charge in [-0.2, -0.15) is 0 Å². The molecule has 5 heteroatoms. The molecule has 1 aliphatic rings. The summed E-state index contributed by atoms with van der Waals surface area (Å²) >= 11 is 0. The van der Waals surface area contributed by atoms with Gasteiger partial charge in [-0.05, 0) is 62.1 Å². The average molecular weight is 313 g/mol. The molecular weight excluding hydrogens is 290 g/mol. The lowest BCUT2D eigenvalue weighted by Gasteiger charge is -2.23. The molecule has 2 N–H and O–H groups in total. The predicted molar refractivity (Wildman–Crippen MR) is 89.6 cm³/mol. The lowest BCUT2D eigenvalue weighted by atomic mass is 9.96. The molecule has 0 amide bonds. The third-order valence-electron chi connectivity index (χ3n) is 4.32. The van der Waals surface area contributed by atoms with E-state index in [1.54, 1.807) is 19.2 Å². The molecule has 5 nitrogen and oxygen atoms in total. The fourth-order valence-electron chi connectivity index (χ4n) is 3.06. The van der Waals surface area contributed by atoms with E-state index in [9.17, 15) is 5.11 Å². The molecule has 1 fully saturated rings. The summed E-state index contributed by atoms with van der Waals surface area (Å²) < 4.78 is 5.03. The van der Waals surface area contributed by atoms with Crippen LogP contribution in [0.4, 0.5) is 0 Å². The Morgan fingerprint density at radius 1 is 1.22 bits per heavy atom. The van der Waals surface area contributed by atoms with E-state index < -0.39 is 0 Å². The second-order valence-corrected chi connectivity index (χ2v) is 6.03. The molecule has 3 rings (SSSR count). The van der Waals surface area contributed by atoms with Crippen LogP contribution in [0.3, 0.4) is 0 Å². The lowest BCUT2D eigenvalue weighted by Crippen LogP contribution is -2.34. The Labute approximate surface area is 136 Å². The first-order chi connectivity index (χ1) is 11.2. The van der Waals surface area contributed by atoms with Crippen LogP contribution in [0.25, 0.3) is 11.3 Å². The van der Waals surface area contributed by atoms with E-state index in [0.717, 1.165) is 36.2 Å². The number of rotatable bonds is 5. The zero-order chi connectivity index (χ0) is 16.1. The van der Waals surface area contributed by atoms with Crippen LogP contribution in [0.1, 0.15) is 31.2 Å². The van der Waals surface area contributed by atoms with Crippen molar-refractivity contribution in [3.63, 3.8) is 0 Å². The summed E-state index contributed by atoms with van der Waals surface area (Å²) in [5.74, 6) is 0.754. The molecule has 0 spiro atoms. The molecule has 1 saturated heterocycles. The number of methoxy groups -OCH3 is 1. The number of nitrogens with zero attached hydrogens (tertiary/aromatic N) is 2. The number of ether oxygens (including phenoxy) is 1. The van der Waals surface area contributed by atoms with Gasteiger partial charge < -0.3 is 15.2 Å². The number of aromatic hydroxyl groups is 1. The smallest absolute Gasteiger partial charge is 0.233 e. The van der Waals surface area contributed by atoms with Crippen molar-refractivity contribution in [3.8, 4) is 22.9 Å². The van der Waals surface area contributed by atoms with Gasteiger partial charge in [0.2, 0.25) is 5.88 Å². The van der Waals surface area contributed by atoms with Crippen LogP contribution in [0.2, 0.25) is 0 Å². The molecule has 1 unspecified atom stereocenters. The van der Waals surface area contributed by atoms with Gasteiger partial charge in [-0.15, -0.1) is 10.2 Å². The van der Waals surface area contributed by atoms with Gasteiger partial charge in [-0.3, -0.25) is 0 Å². The number of benzene rings is 1. The Morgan fingerprint density at radius 3 is 2.83 bits per heavy atom. The number of phenolic OH excluding ortho intramolecular Hbond substituents is 1. The zero-order valence-corrected chi connectivity index (χ0v) is 13.5. The Morgan fingerprint density at radius 2 is 2.13 bits per heavy atom. The van der Waals surface area contributed by atoms with Crippen molar-refractivity contribution >= 4 is 0 Å². The van der Waals surface area contributed by atoms with Crippen molar-refractivity contribution in [1.82, 2.24) is 15.5 Å². The van der Waals surface area contributed by atoms with Gasteiger partial charge in [0.15, 0.2) is 0 Å². The standard InChI is InChI=1S/C18H23N3O2/c1-23-18-8-7-17(20-21-18)14-10-13(11-16(22)12-14)5-6-15-4-2-3-9-19-15/h7-8,10-12,15,19,22H,2-6,9H2,1H3. The Balaban J connectivity index is 1.72. The molecule has 0 radical (unpaired) electrons. The fourth-order valence-corrected chi connectivity index (χ4v) is 3.06. The monoisotopic (exact) mass is 313 g/mol. The number of aryl methyl sites for hydroxylation is 1. The van der Waals surface area contributed by atoms with Crippen molar-refractivity contribution in [2.24, 2.45) is 0 Å². The van der Waals surface area contributed by atoms with Gasteiger partial charge in [-0.25, -0.2) is 0 Å². The fraction of sp³-hybridized carbons (Fsp3) is 0.444. The van der Waals surface area contributed by atoms with Crippen molar-refractivity contribution in [2.45, 2.75) is 38.1 Å². The van der Waals surface area contributed by atoms with Gasteiger partial charge in [-0.1, -0.05) is 6.42 Å². The molecule has 1 atom stereocenters. The predicted octanol–water partition coefficient (Wildman–Crippen LogP) is 2.93. The Kier molecular flexibility index (Phi) is 5.08. The first kappa shape index (κ1) is 15.7. The summed E-state index contributed by atoms with van der Waals surface area (Å²) in [4.78, 5) is 0. The minimum atomic E-state index is 0.270. The SMILES string of the molecule is COc1ccc(-c2cc(O)cc(CCC3CCCCN3)c2)nn1. The third-order valence-corrected chi connectivity index (χ3v) is 4.32. The molecular formula is C18H23N3O2. The molecule has 23 heavy (non-hydrogen) atoms. The lowest BCUT2D eigenvalue weighted by molar-refractivity contribution is 0.382. The van der Waals surface area contributed by atoms with Crippen molar-refractivity contribution in [2.75, 3.05) is 13.7 Å². The minimum absolute atomic E-state index is 0.270. The molecule has 1 aromatic heterocycles. The van der Waals surface area contributed by atoms with E-state index in [-0.39, 0.29) is 5.75 Å². The molecule has 0 saturated carbocycles. The van der Waals surface area contributed by atoms with Crippen LogP contribution < -0.4 is 10.1 Å². The first-order valence-corrected chi connectivity index (χ1v) is 8.19. The molecule has 0 aliphatic carbocycles. The number of piperidine rings is 1. The van der Waals surface area contributed by atoms with Crippen LogP contribution in [-0.2, 0) is 6.42 Å². The van der Waals surface area contributed by atoms with E-state index >= 15 is 0 Å². The molecule has 1 aromatic carbocycles. The first-order valence-electron chi connectivity index (χ1n) is 8.19. The summed E-state index contributed by atoms with van der Waals surface area (Å²) in [6.45, 7) is 1.12. The van der Waals surface area contributed by atoms with Crippen molar-refractivity contribution in [3.05, 3.63) is 35.9 Å². The van der Waals surface area contributed by atoms with Crippen LogP contribution in [0, 0.1) is 0 Å². The van der Waals surface area contributed by atoms with E-state index in [4.69, 9.17) is 4.74 Å². The highest BCUT2D eigenvalue weighted by Crippen LogP contribution is 2.25. The van der Waals surface area contributed by atoms with Crippen molar-refractivity contribution in [1.29, 1.82) is 0 Å². The summed E-state index contributed by atoms with van der Waals surface area (Å²) in [5.41, 5.74) is 2.75. The molecule has 2 heterocycles. The zero-order valence-electron chi connectivity index (χ0n) is 13.5. The largest absolute Gasteiger partial charge is 0.508 e. The summed E-state index contributed by atoms with van der Waals surface area (Å²) in [7, 11) is 1.56. The summed E-state index contributed by atoms with van der Waals surface area (Å²) in [6.07, 6.45) is 5.88. The topological polar surface area (TPSA) is 67.3 Å². The normalized spacial score (nSPS) is 17.9. The van der Waals surface area contributed by atoms with Gasteiger partial charge >= 0.3 is 0 Å². The molecule has 122 valence electrons. The van der Waals surface area contributed by atoms with E-state index in [0.29, 0.717) is 11.9 Å². The maximum atomic E-state index is 10.0. The molecule has 1 aliphatic heterocycles. The van der Waals surface area contributed by atoms with Crippen LogP contribution >= 0.6 is 0 Å². The molecule has 0 bridgehead atoms. The highest BCUT2D eigenvalue weighted by Gasteiger charge is 2.13.